The molecular weight excluding hydrogens is 448 g/mol. The fourth-order valence-electron chi connectivity index (χ4n) is 6.01. The molecule has 6 heteroatoms. The molecule has 0 radical (unpaired) electrons. The van der Waals surface area contributed by atoms with Gasteiger partial charge >= 0.3 is 0 Å². The minimum Gasteiger partial charge on any atom is -0.375 e. The Hall–Kier alpha value is -3.43. The molecule has 1 saturated heterocycles. The third kappa shape index (κ3) is 4.56. The summed E-state index contributed by atoms with van der Waals surface area (Å²) >= 11 is 0. The summed E-state index contributed by atoms with van der Waals surface area (Å²) < 4.78 is 7.99. The van der Waals surface area contributed by atoms with Crippen LogP contribution < -0.4 is 5.32 Å². The number of benzene rings is 1. The second-order valence-corrected chi connectivity index (χ2v) is 10.8. The number of carbonyl (C=O) groups excluding carboxylic acids is 1. The number of nitrogens with zero attached hydrogens (tertiary/aromatic N) is 3. The molecule has 2 unspecified atom stereocenters. The highest BCUT2D eigenvalue weighted by atomic mass is 16.5. The van der Waals surface area contributed by atoms with Crippen LogP contribution in [-0.4, -0.2) is 33.7 Å². The highest BCUT2D eigenvalue weighted by molar-refractivity contribution is 5.96. The number of nitrogens with one attached hydrogen (secondary N) is 1. The molecule has 36 heavy (non-hydrogen) atoms. The van der Waals surface area contributed by atoms with Gasteiger partial charge in [-0.2, -0.15) is 5.26 Å². The van der Waals surface area contributed by atoms with Gasteiger partial charge in [-0.3, -0.25) is 4.79 Å². The first kappa shape index (κ1) is 24.3. The molecule has 6 nitrogen and oxygen atoms in total. The van der Waals surface area contributed by atoms with Crippen molar-refractivity contribution in [1.82, 2.24) is 14.9 Å². The topological polar surface area (TPSA) is 79.9 Å². The zero-order chi connectivity index (χ0) is 25.4. The number of rotatable bonds is 4. The zero-order valence-electron chi connectivity index (χ0n) is 21.6. The van der Waals surface area contributed by atoms with Crippen LogP contribution in [0.4, 0.5) is 0 Å². The van der Waals surface area contributed by atoms with Crippen LogP contribution in [0.3, 0.4) is 0 Å². The Balaban J connectivity index is 1.59. The van der Waals surface area contributed by atoms with Gasteiger partial charge in [-0.1, -0.05) is 24.3 Å². The van der Waals surface area contributed by atoms with Crippen molar-refractivity contribution >= 4 is 23.0 Å². The predicted molar refractivity (Wildman–Crippen MR) is 142 cm³/mol. The predicted octanol–water partition coefficient (Wildman–Crippen LogP) is 5.54. The monoisotopic (exact) mass is 482 g/mol. The van der Waals surface area contributed by atoms with Gasteiger partial charge in [0, 0.05) is 29.8 Å². The minimum absolute atomic E-state index is 0.0623. The maximum atomic E-state index is 13.0. The molecule has 3 heterocycles. The number of carbonyl (C=O) groups is 1. The molecule has 2 atom stereocenters. The Morgan fingerprint density at radius 1 is 1.28 bits per heavy atom. The average molecular weight is 483 g/mol. The van der Waals surface area contributed by atoms with E-state index in [-0.39, 0.29) is 23.6 Å². The summed E-state index contributed by atoms with van der Waals surface area (Å²) in [6.07, 6.45) is 8.04. The third-order valence-corrected chi connectivity index (χ3v) is 7.52. The van der Waals surface area contributed by atoms with E-state index in [4.69, 9.17) is 9.72 Å². The molecule has 1 N–H and O–H groups in total. The summed E-state index contributed by atoms with van der Waals surface area (Å²) in [4.78, 5) is 17.9. The van der Waals surface area contributed by atoms with Crippen LogP contribution in [-0.2, 0) is 16.0 Å². The van der Waals surface area contributed by atoms with E-state index in [1.165, 1.54) is 11.1 Å². The standard InChI is InChI=1S/C30H34N4O2/c1-19-16-20(2)32-29-28(19)24(18-31)26(12-13-27(35)33-22-14-15-36-30(3,4)17-22)34(29)25-11-7-9-21-8-5-6-10-23(21)25/h5-6,8,10,12-13,16,22,25H,7,9,11,14-15,17H2,1-4H3,(H,33,35)/b13-12+. The molecule has 0 bridgehead atoms. The van der Waals surface area contributed by atoms with E-state index in [1.807, 2.05) is 26.0 Å². The summed E-state index contributed by atoms with van der Waals surface area (Å²) in [5, 5.41) is 14.3. The molecule has 1 aliphatic heterocycles. The van der Waals surface area contributed by atoms with Crippen molar-refractivity contribution in [2.45, 2.75) is 77.5 Å². The van der Waals surface area contributed by atoms with Gasteiger partial charge in [-0.15, -0.1) is 0 Å². The van der Waals surface area contributed by atoms with Crippen molar-refractivity contribution in [1.29, 1.82) is 5.26 Å². The number of nitriles is 1. The molecule has 1 aliphatic carbocycles. The minimum atomic E-state index is -0.240. The molecule has 2 aromatic heterocycles. The molecule has 0 spiro atoms. The van der Waals surface area contributed by atoms with Crippen LogP contribution in [0.25, 0.3) is 17.1 Å². The quantitative estimate of drug-likeness (QED) is 0.495. The number of ether oxygens (including phenoxy) is 1. The highest BCUT2D eigenvalue weighted by Gasteiger charge is 2.30. The van der Waals surface area contributed by atoms with Crippen molar-refractivity contribution in [2.24, 2.45) is 0 Å². The fourth-order valence-corrected chi connectivity index (χ4v) is 6.01. The van der Waals surface area contributed by atoms with Crippen LogP contribution in [0, 0.1) is 25.2 Å². The van der Waals surface area contributed by atoms with Crippen molar-refractivity contribution in [3.63, 3.8) is 0 Å². The Bertz CT molecular complexity index is 1390. The van der Waals surface area contributed by atoms with E-state index in [0.29, 0.717) is 12.2 Å². The molecular formula is C30H34N4O2. The van der Waals surface area contributed by atoms with Gasteiger partial charge in [0.1, 0.15) is 11.7 Å². The van der Waals surface area contributed by atoms with E-state index >= 15 is 0 Å². The molecule has 1 aromatic carbocycles. The Labute approximate surface area is 213 Å². The first-order valence-electron chi connectivity index (χ1n) is 12.9. The Morgan fingerprint density at radius 2 is 2.08 bits per heavy atom. The van der Waals surface area contributed by atoms with Crippen LogP contribution in [0.2, 0.25) is 0 Å². The normalized spacial score (nSPS) is 21.3. The van der Waals surface area contributed by atoms with E-state index in [1.54, 1.807) is 6.08 Å². The third-order valence-electron chi connectivity index (χ3n) is 7.52. The lowest BCUT2D eigenvalue weighted by atomic mass is 9.87. The van der Waals surface area contributed by atoms with Crippen molar-refractivity contribution in [2.75, 3.05) is 6.61 Å². The number of pyridine rings is 1. The second kappa shape index (κ2) is 9.55. The number of aryl methyl sites for hydroxylation is 3. The SMILES string of the molecule is Cc1cc(C)c2c(C#N)c(/C=C/C(=O)NC3CCOC(C)(C)C3)n(C3CCCc4ccccc43)c2n1. The number of aromatic nitrogens is 2. The van der Waals surface area contributed by atoms with Gasteiger partial charge in [0.2, 0.25) is 5.91 Å². The van der Waals surface area contributed by atoms with E-state index in [9.17, 15) is 10.1 Å². The molecule has 2 aliphatic rings. The first-order chi connectivity index (χ1) is 17.3. The lowest BCUT2D eigenvalue weighted by molar-refractivity contribution is -0.119. The number of amides is 1. The lowest BCUT2D eigenvalue weighted by Gasteiger charge is -2.35. The fraction of sp³-hybridized carbons (Fsp3) is 0.433. The Kier molecular flexibility index (Phi) is 6.44. The van der Waals surface area contributed by atoms with Crippen LogP contribution >= 0.6 is 0 Å². The number of fused-ring (bicyclic) bond motifs is 2. The van der Waals surface area contributed by atoms with Crippen LogP contribution in [0.15, 0.2) is 36.4 Å². The average Bonchev–Trinajstić information content (AvgIpc) is 3.15. The number of hydrogen-bond acceptors (Lipinski definition) is 4. The van der Waals surface area contributed by atoms with Crippen molar-refractivity contribution in [3.05, 3.63) is 70.0 Å². The van der Waals surface area contributed by atoms with Gasteiger partial charge in [0.25, 0.3) is 0 Å². The summed E-state index contributed by atoms with van der Waals surface area (Å²) in [6, 6.07) is 13.1. The summed E-state index contributed by atoms with van der Waals surface area (Å²) in [5.74, 6) is -0.150. The van der Waals surface area contributed by atoms with Gasteiger partial charge < -0.3 is 14.6 Å². The van der Waals surface area contributed by atoms with Gasteiger partial charge in [-0.25, -0.2) is 4.98 Å². The molecule has 186 valence electrons. The van der Waals surface area contributed by atoms with Crippen LogP contribution in [0.1, 0.15) is 79.2 Å². The molecule has 3 aromatic rings. The van der Waals surface area contributed by atoms with Gasteiger partial charge in [0.05, 0.1) is 22.9 Å². The largest absolute Gasteiger partial charge is 0.375 e. The molecule has 1 fully saturated rings. The maximum absolute atomic E-state index is 13.0. The molecule has 1 amide bonds. The smallest absolute Gasteiger partial charge is 0.244 e. The highest BCUT2D eigenvalue weighted by Crippen LogP contribution is 2.39. The van der Waals surface area contributed by atoms with Crippen molar-refractivity contribution in [3.8, 4) is 6.07 Å². The summed E-state index contributed by atoms with van der Waals surface area (Å²) in [5.41, 5.74) is 6.46. The van der Waals surface area contributed by atoms with Gasteiger partial charge in [0.15, 0.2) is 0 Å². The Morgan fingerprint density at radius 3 is 2.86 bits per heavy atom. The van der Waals surface area contributed by atoms with Crippen LogP contribution in [0.5, 0.6) is 0 Å². The van der Waals surface area contributed by atoms with E-state index < -0.39 is 0 Å². The summed E-state index contributed by atoms with van der Waals surface area (Å²) in [6.45, 7) is 8.77. The second-order valence-electron chi connectivity index (χ2n) is 10.8. The molecule has 5 rings (SSSR count). The molecule has 0 saturated carbocycles. The van der Waals surface area contributed by atoms with Crippen molar-refractivity contribution < 1.29 is 9.53 Å². The first-order valence-corrected chi connectivity index (χ1v) is 12.9. The number of hydrogen-bond donors (Lipinski definition) is 1. The zero-order valence-corrected chi connectivity index (χ0v) is 21.6. The lowest BCUT2D eigenvalue weighted by Crippen LogP contribution is -2.45. The summed E-state index contributed by atoms with van der Waals surface area (Å²) in [7, 11) is 0. The maximum Gasteiger partial charge on any atom is 0.244 e. The van der Waals surface area contributed by atoms with E-state index in [2.05, 4.69) is 54.1 Å². The van der Waals surface area contributed by atoms with E-state index in [0.717, 1.165) is 60.1 Å². The van der Waals surface area contributed by atoms with Gasteiger partial charge in [-0.05, 0) is 88.6 Å².